The first kappa shape index (κ1) is 25.9. The Morgan fingerprint density at radius 2 is 1.75 bits per heavy atom. The van der Waals surface area contributed by atoms with Crippen molar-refractivity contribution in [2.24, 2.45) is 5.92 Å². The summed E-state index contributed by atoms with van der Waals surface area (Å²) in [6, 6.07) is 17.8. The molecule has 0 aliphatic rings. The van der Waals surface area contributed by atoms with Crippen LogP contribution in [0.3, 0.4) is 0 Å². The average Bonchev–Trinajstić information content (AvgIpc) is 3.39. The molecule has 0 aliphatic carbocycles. The van der Waals surface area contributed by atoms with Crippen LogP contribution in [0, 0.1) is 5.92 Å². The van der Waals surface area contributed by atoms with E-state index < -0.39 is 0 Å². The number of halogens is 2. The van der Waals surface area contributed by atoms with E-state index >= 15 is 0 Å². The molecule has 0 saturated carbocycles. The smallest absolute Gasteiger partial charge is 0.226 e. The van der Waals surface area contributed by atoms with Crippen molar-refractivity contribution in [3.8, 4) is 5.82 Å². The number of nitrogens with zero attached hydrogens (tertiary/aromatic N) is 4. The quantitative estimate of drug-likeness (QED) is 0.205. The first-order chi connectivity index (χ1) is 17.4. The molecule has 188 valence electrons. The Kier molecular flexibility index (Phi) is 9.17. The second kappa shape index (κ2) is 12.7. The molecule has 9 heteroatoms. The molecular formula is C27H31Cl2N7. The first-order valence-electron chi connectivity index (χ1n) is 12.0. The predicted molar refractivity (Wildman–Crippen MR) is 148 cm³/mol. The van der Waals surface area contributed by atoms with Gasteiger partial charge >= 0.3 is 0 Å². The van der Waals surface area contributed by atoms with Crippen molar-refractivity contribution in [2.45, 2.75) is 39.4 Å². The summed E-state index contributed by atoms with van der Waals surface area (Å²) in [6.07, 6.45) is 6.32. The SMILES string of the molecule is CC(C)CC(CNCc1ccc(Cl)cc1)Nc1cc(-n2ccnc2)nc(NCc2cccc(Cl)c2)n1. The third-order valence-corrected chi connectivity index (χ3v) is 6.05. The molecule has 0 aliphatic heterocycles. The standard InChI is InChI=1S/C27H31Cl2N7/c1-19(2)12-24(17-31-15-20-6-8-22(28)9-7-20)33-25-14-26(36-11-10-30-18-36)35-27(34-25)32-16-21-4-3-5-23(29)13-21/h3-11,13-14,18-19,24,31H,12,15-17H2,1-2H3,(H2,32,33,34,35). The monoisotopic (exact) mass is 523 g/mol. The summed E-state index contributed by atoms with van der Waals surface area (Å²) in [4.78, 5) is 13.6. The molecule has 7 nitrogen and oxygen atoms in total. The Morgan fingerprint density at radius 1 is 0.917 bits per heavy atom. The highest BCUT2D eigenvalue weighted by Gasteiger charge is 2.14. The van der Waals surface area contributed by atoms with Gasteiger partial charge in [-0.25, -0.2) is 4.98 Å². The summed E-state index contributed by atoms with van der Waals surface area (Å²) in [6.45, 7) is 6.57. The van der Waals surface area contributed by atoms with Crippen molar-refractivity contribution in [1.29, 1.82) is 0 Å². The molecule has 0 radical (unpaired) electrons. The van der Waals surface area contributed by atoms with Gasteiger partial charge in [-0.1, -0.05) is 61.3 Å². The highest BCUT2D eigenvalue weighted by atomic mass is 35.5. The zero-order valence-electron chi connectivity index (χ0n) is 20.5. The van der Waals surface area contributed by atoms with E-state index in [4.69, 9.17) is 33.2 Å². The van der Waals surface area contributed by atoms with E-state index in [1.54, 1.807) is 12.5 Å². The van der Waals surface area contributed by atoms with E-state index in [-0.39, 0.29) is 6.04 Å². The van der Waals surface area contributed by atoms with Gasteiger partial charge in [0.1, 0.15) is 18.0 Å². The highest BCUT2D eigenvalue weighted by Crippen LogP contribution is 2.18. The lowest BCUT2D eigenvalue weighted by molar-refractivity contribution is 0.487. The van der Waals surface area contributed by atoms with Crippen LogP contribution in [-0.2, 0) is 13.1 Å². The van der Waals surface area contributed by atoms with Crippen LogP contribution in [-0.4, -0.2) is 32.1 Å². The highest BCUT2D eigenvalue weighted by molar-refractivity contribution is 6.30. The average molecular weight is 525 g/mol. The van der Waals surface area contributed by atoms with E-state index in [0.717, 1.165) is 41.7 Å². The fourth-order valence-corrected chi connectivity index (χ4v) is 4.25. The van der Waals surface area contributed by atoms with Gasteiger partial charge in [0.25, 0.3) is 0 Å². The summed E-state index contributed by atoms with van der Waals surface area (Å²) in [5, 5.41) is 12.0. The Morgan fingerprint density at radius 3 is 2.47 bits per heavy atom. The summed E-state index contributed by atoms with van der Waals surface area (Å²) in [5.74, 6) is 2.54. The van der Waals surface area contributed by atoms with Crippen LogP contribution >= 0.6 is 23.2 Å². The molecule has 4 rings (SSSR count). The third-order valence-electron chi connectivity index (χ3n) is 5.56. The molecule has 1 atom stereocenters. The van der Waals surface area contributed by atoms with Gasteiger partial charge in [0, 0.05) is 54.2 Å². The second-order valence-corrected chi connectivity index (χ2v) is 9.99. The normalized spacial score (nSPS) is 12.0. The van der Waals surface area contributed by atoms with Gasteiger partial charge in [0.2, 0.25) is 5.95 Å². The summed E-state index contributed by atoms with van der Waals surface area (Å²) in [7, 11) is 0. The van der Waals surface area contributed by atoms with E-state index in [0.29, 0.717) is 23.4 Å². The minimum atomic E-state index is 0.184. The number of imidazole rings is 1. The van der Waals surface area contributed by atoms with Crippen LogP contribution in [0.5, 0.6) is 0 Å². The lowest BCUT2D eigenvalue weighted by Crippen LogP contribution is -2.34. The van der Waals surface area contributed by atoms with Gasteiger partial charge in [-0.15, -0.1) is 0 Å². The van der Waals surface area contributed by atoms with Gasteiger partial charge in [-0.3, -0.25) is 4.57 Å². The number of hydrogen-bond acceptors (Lipinski definition) is 6. The molecular weight excluding hydrogens is 493 g/mol. The maximum Gasteiger partial charge on any atom is 0.226 e. The van der Waals surface area contributed by atoms with E-state index in [2.05, 4.69) is 34.8 Å². The van der Waals surface area contributed by atoms with Crippen LogP contribution in [0.1, 0.15) is 31.4 Å². The Hall–Kier alpha value is -3.13. The van der Waals surface area contributed by atoms with Gasteiger partial charge in [0.15, 0.2) is 0 Å². The molecule has 4 aromatic rings. The summed E-state index contributed by atoms with van der Waals surface area (Å²) < 4.78 is 1.87. The van der Waals surface area contributed by atoms with Gasteiger partial charge in [-0.05, 0) is 47.7 Å². The van der Waals surface area contributed by atoms with E-state index in [1.165, 1.54) is 5.56 Å². The number of aromatic nitrogens is 4. The lowest BCUT2D eigenvalue weighted by atomic mass is 10.0. The molecule has 36 heavy (non-hydrogen) atoms. The van der Waals surface area contributed by atoms with Gasteiger partial charge in [-0.2, -0.15) is 9.97 Å². The molecule has 2 heterocycles. The third kappa shape index (κ3) is 7.95. The fraction of sp³-hybridized carbons (Fsp3) is 0.296. The first-order valence-corrected chi connectivity index (χ1v) is 12.8. The summed E-state index contributed by atoms with van der Waals surface area (Å²) >= 11 is 12.2. The predicted octanol–water partition coefficient (Wildman–Crippen LogP) is 6.20. The minimum absolute atomic E-state index is 0.184. The number of anilines is 2. The van der Waals surface area contributed by atoms with Crippen molar-refractivity contribution < 1.29 is 0 Å². The van der Waals surface area contributed by atoms with Crippen molar-refractivity contribution in [3.05, 3.63) is 94.5 Å². The number of nitrogens with one attached hydrogen (secondary N) is 3. The van der Waals surface area contributed by atoms with Gasteiger partial charge < -0.3 is 16.0 Å². The number of benzene rings is 2. The van der Waals surface area contributed by atoms with Crippen LogP contribution in [0.4, 0.5) is 11.8 Å². The molecule has 0 saturated heterocycles. The van der Waals surface area contributed by atoms with Gasteiger partial charge in [0.05, 0.1) is 0 Å². The van der Waals surface area contributed by atoms with Crippen molar-refractivity contribution in [1.82, 2.24) is 24.8 Å². The zero-order chi connectivity index (χ0) is 25.3. The van der Waals surface area contributed by atoms with Crippen molar-refractivity contribution >= 4 is 35.0 Å². The van der Waals surface area contributed by atoms with E-state index in [9.17, 15) is 0 Å². The Labute approximate surface area is 222 Å². The van der Waals surface area contributed by atoms with Crippen LogP contribution in [0.25, 0.3) is 5.82 Å². The van der Waals surface area contributed by atoms with Crippen LogP contribution in [0.2, 0.25) is 10.0 Å². The summed E-state index contributed by atoms with van der Waals surface area (Å²) in [5.41, 5.74) is 2.25. The topological polar surface area (TPSA) is 79.7 Å². The Bertz CT molecular complexity index is 1230. The fourth-order valence-electron chi connectivity index (χ4n) is 3.91. The van der Waals surface area contributed by atoms with Crippen molar-refractivity contribution in [2.75, 3.05) is 17.2 Å². The minimum Gasteiger partial charge on any atom is -0.366 e. The molecule has 0 bridgehead atoms. The van der Waals surface area contributed by atoms with Crippen LogP contribution < -0.4 is 16.0 Å². The molecule has 0 fully saturated rings. The molecule has 2 aromatic carbocycles. The lowest BCUT2D eigenvalue weighted by Gasteiger charge is -2.22. The molecule has 1 unspecified atom stereocenters. The van der Waals surface area contributed by atoms with Crippen LogP contribution in [0.15, 0.2) is 73.3 Å². The van der Waals surface area contributed by atoms with E-state index in [1.807, 2.05) is 65.4 Å². The maximum absolute atomic E-state index is 6.14. The number of hydrogen-bond donors (Lipinski definition) is 3. The Balaban J connectivity index is 1.48. The molecule has 3 N–H and O–H groups in total. The maximum atomic E-state index is 6.14. The van der Waals surface area contributed by atoms with Crippen molar-refractivity contribution in [3.63, 3.8) is 0 Å². The molecule has 2 aromatic heterocycles. The number of rotatable bonds is 12. The zero-order valence-corrected chi connectivity index (χ0v) is 22.0. The largest absolute Gasteiger partial charge is 0.366 e. The molecule has 0 spiro atoms. The second-order valence-electron chi connectivity index (χ2n) is 9.12. The molecule has 0 amide bonds.